The second kappa shape index (κ2) is 6.40. The van der Waals surface area contributed by atoms with Gasteiger partial charge in [-0.2, -0.15) is 0 Å². The summed E-state index contributed by atoms with van der Waals surface area (Å²) in [6.07, 6.45) is 0.136. The van der Waals surface area contributed by atoms with Crippen LogP contribution in [0.5, 0.6) is 0 Å². The summed E-state index contributed by atoms with van der Waals surface area (Å²) in [6, 6.07) is 8.07. The van der Waals surface area contributed by atoms with Gasteiger partial charge in [0.25, 0.3) is 0 Å². The molecule has 0 saturated heterocycles. The van der Waals surface area contributed by atoms with E-state index >= 15 is 0 Å². The number of likely N-dealkylation sites (N-methyl/N-ethyl adjacent to an activating group) is 1. The number of benzene rings is 1. The molecule has 3 nitrogen and oxygen atoms in total. The quantitative estimate of drug-likeness (QED) is 0.904. The van der Waals surface area contributed by atoms with Crippen LogP contribution >= 0.6 is 12.4 Å². The van der Waals surface area contributed by atoms with Crippen molar-refractivity contribution >= 4 is 18.3 Å². The maximum absolute atomic E-state index is 13.5. The molecule has 2 rings (SSSR count). The van der Waals surface area contributed by atoms with E-state index in [2.05, 4.69) is 0 Å². The number of rotatable bonds is 5. The molecule has 106 valence electrons. The summed E-state index contributed by atoms with van der Waals surface area (Å²) in [7, 11) is 0. The van der Waals surface area contributed by atoms with Crippen molar-refractivity contribution in [1.29, 1.82) is 0 Å². The fourth-order valence-corrected chi connectivity index (χ4v) is 2.42. The predicted molar refractivity (Wildman–Crippen MR) is 80.5 cm³/mol. The minimum Gasteiger partial charge on any atom is -0.342 e. The molecule has 2 N–H and O–H groups in total. The van der Waals surface area contributed by atoms with Crippen molar-refractivity contribution in [3.8, 4) is 0 Å². The van der Waals surface area contributed by atoms with Crippen LogP contribution in [-0.4, -0.2) is 30.3 Å². The lowest BCUT2D eigenvalue weighted by atomic mass is 9.91. The van der Waals surface area contributed by atoms with Crippen LogP contribution in [0.25, 0.3) is 0 Å². The average molecular weight is 293 g/mol. The van der Waals surface area contributed by atoms with Crippen LogP contribution in [0.15, 0.2) is 30.3 Å². The van der Waals surface area contributed by atoms with Crippen molar-refractivity contribution in [2.75, 3.05) is 19.5 Å². The van der Waals surface area contributed by atoms with Crippen molar-refractivity contribution in [2.24, 2.45) is 11.7 Å². The van der Waals surface area contributed by atoms with Gasteiger partial charge in [0.1, 0.15) is 0 Å². The third kappa shape index (κ3) is 2.63. The number of halogens is 1. The second-order valence-electron chi connectivity index (χ2n) is 4.34. The van der Waals surface area contributed by atoms with Gasteiger partial charge in [0.15, 0.2) is 0 Å². The smallest absolute Gasteiger partial charge is 0.233 e. The summed E-state index contributed by atoms with van der Waals surface area (Å²) in [5.41, 5.74) is 4.62. The molecular weight excluding hydrogens is 260 g/mol. The van der Waals surface area contributed by atoms with Gasteiger partial charge < -0.3 is 10.6 Å². The largest absolute Gasteiger partial charge is 0.342 e. The molecule has 4 heteroatoms. The van der Waals surface area contributed by atoms with Crippen molar-refractivity contribution in [3.05, 3.63) is 35.9 Å². The molecule has 1 aromatic rings. The van der Waals surface area contributed by atoms with Crippen molar-refractivity contribution < 1.29 is 18.5 Å². The van der Waals surface area contributed by atoms with E-state index in [1.165, 1.54) is 0 Å². The van der Waals surface area contributed by atoms with Gasteiger partial charge in [-0.15, -0.1) is 12.4 Å². The molecule has 0 radical (unpaired) electrons. The molecule has 2 atom stereocenters. The van der Waals surface area contributed by atoms with E-state index in [-0.39, 0.29) is 30.3 Å². The number of carbonyl (C=O) groups is 1. The Kier molecular flexibility index (Phi) is 2.22. The Morgan fingerprint density at radius 2 is 2.11 bits per heavy atom. The summed E-state index contributed by atoms with van der Waals surface area (Å²) in [5.74, 6) is -1.74. The third-order valence-electron chi connectivity index (χ3n) is 3.49. The molecule has 1 aliphatic rings. The Bertz CT molecular complexity index is 711. The lowest BCUT2D eigenvalue weighted by Crippen LogP contribution is -2.40. The van der Waals surface area contributed by atoms with Crippen LogP contribution in [-0.2, 0) is 10.2 Å². The van der Waals surface area contributed by atoms with Crippen LogP contribution in [0, 0.1) is 5.92 Å². The van der Waals surface area contributed by atoms with Gasteiger partial charge in [-0.05, 0) is 38.2 Å². The SMILES string of the molecule is Cl.[2H]C([2H])([2H])C([2H])([2H])N(C(=O)[C@]1(c2ccccc2)C[C@@H]1CN)C([2H])([2H])C([2H])([2H])[2H]. The molecule has 1 fully saturated rings. The van der Waals surface area contributed by atoms with Gasteiger partial charge in [-0.3, -0.25) is 4.79 Å². The molecular formula is C15H23ClN2O. The van der Waals surface area contributed by atoms with Crippen LogP contribution in [0.3, 0.4) is 0 Å². The minimum atomic E-state index is -3.56. The monoisotopic (exact) mass is 292 g/mol. The fraction of sp³-hybridized carbons (Fsp3) is 0.533. The first-order valence-electron chi connectivity index (χ1n) is 10.7. The molecule has 0 aliphatic heterocycles. The zero-order chi connectivity index (χ0) is 21.8. The van der Waals surface area contributed by atoms with E-state index in [9.17, 15) is 4.79 Å². The molecule has 1 amide bonds. The van der Waals surface area contributed by atoms with Crippen LogP contribution in [0.2, 0.25) is 0 Å². The minimum absolute atomic E-state index is 0. The predicted octanol–water partition coefficient (Wildman–Crippen LogP) is 2.19. The molecule has 1 saturated carbocycles. The topological polar surface area (TPSA) is 46.3 Å². The Morgan fingerprint density at radius 1 is 1.47 bits per heavy atom. The van der Waals surface area contributed by atoms with Gasteiger partial charge in [0.2, 0.25) is 5.91 Å². The molecule has 19 heavy (non-hydrogen) atoms. The second-order valence-corrected chi connectivity index (χ2v) is 4.34. The number of amides is 1. The molecule has 0 bridgehead atoms. The number of nitrogens with two attached hydrogens (primary N) is 1. The van der Waals surface area contributed by atoms with E-state index in [0.29, 0.717) is 5.56 Å². The van der Waals surface area contributed by atoms with E-state index in [1.54, 1.807) is 30.3 Å². The number of hydrogen-bond acceptors (Lipinski definition) is 2. The van der Waals surface area contributed by atoms with Crippen molar-refractivity contribution in [2.45, 2.75) is 25.5 Å². The normalized spacial score (nSPS) is 35.1. The Morgan fingerprint density at radius 3 is 2.58 bits per heavy atom. The van der Waals surface area contributed by atoms with E-state index in [0.717, 1.165) is 0 Å². The zero-order valence-electron chi connectivity index (χ0n) is 20.2. The summed E-state index contributed by atoms with van der Waals surface area (Å²) in [6.45, 7) is -14.1. The van der Waals surface area contributed by atoms with E-state index in [4.69, 9.17) is 19.4 Å². The number of carbonyl (C=O) groups excluding carboxylic acids is 1. The Labute approximate surface area is 135 Å². The molecule has 0 heterocycles. The fourth-order valence-electron chi connectivity index (χ4n) is 2.42. The lowest BCUT2D eigenvalue weighted by molar-refractivity contribution is -0.134. The van der Waals surface area contributed by atoms with Gasteiger partial charge in [-0.1, -0.05) is 30.3 Å². The molecule has 1 aromatic carbocycles. The first kappa shape index (κ1) is 6.59. The average Bonchev–Trinajstić information content (AvgIpc) is 3.29. The molecule has 0 aromatic heterocycles. The Balaban J connectivity index is 0.00000420. The zero-order valence-corrected chi connectivity index (χ0v) is 11.0. The van der Waals surface area contributed by atoms with Crippen LogP contribution < -0.4 is 5.73 Å². The van der Waals surface area contributed by atoms with Crippen LogP contribution in [0.4, 0.5) is 0 Å². The summed E-state index contributed by atoms with van der Waals surface area (Å²) in [4.78, 5) is 13.2. The summed E-state index contributed by atoms with van der Waals surface area (Å²) in [5, 5.41) is 0. The van der Waals surface area contributed by atoms with Crippen LogP contribution in [0.1, 0.15) is 39.4 Å². The lowest BCUT2D eigenvalue weighted by Gasteiger charge is -2.26. The van der Waals surface area contributed by atoms with E-state index < -0.39 is 43.9 Å². The first-order chi connectivity index (χ1) is 12.5. The van der Waals surface area contributed by atoms with Crippen molar-refractivity contribution in [1.82, 2.24) is 4.90 Å². The van der Waals surface area contributed by atoms with Crippen molar-refractivity contribution in [3.63, 3.8) is 0 Å². The highest BCUT2D eigenvalue weighted by atomic mass is 35.5. The highest BCUT2D eigenvalue weighted by molar-refractivity contribution is 5.92. The van der Waals surface area contributed by atoms with Gasteiger partial charge in [0.05, 0.1) is 5.41 Å². The number of hydrogen-bond donors (Lipinski definition) is 1. The molecule has 1 aliphatic carbocycles. The molecule has 0 spiro atoms. The maximum atomic E-state index is 13.5. The third-order valence-corrected chi connectivity index (χ3v) is 3.49. The van der Waals surface area contributed by atoms with E-state index in [1.807, 2.05) is 0 Å². The standard InChI is InChI=1S/C15H22N2O.ClH/c1-3-17(4-2)14(18)15(10-13(15)11-16)12-8-6-5-7-9-12;/h5-9,13H,3-4,10-11,16H2,1-2H3;1H/t13-,15+;/m1./s1/i1D3,2D3,3D2,4D2;. The summed E-state index contributed by atoms with van der Waals surface area (Å²) >= 11 is 0. The Hall–Kier alpha value is -1.06. The van der Waals surface area contributed by atoms with Gasteiger partial charge in [-0.25, -0.2) is 0 Å². The van der Waals surface area contributed by atoms with Gasteiger partial charge >= 0.3 is 0 Å². The van der Waals surface area contributed by atoms with Gasteiger partial charge in [0, 0.05) is 26.7 Å². The number of nitrogens with zero attached hydrogens (tertiary/aromatic N) is 1. The molecule has 0 unspecified atom stereocenters. The highest BCUT2D eigenvalue weighted by Gasteiger charge is 2.61. The highest BCUT2D eigenvalue weighted by Crippen LogP contribution is 2.54. The summed E-state index contributed by atoms with van der Waals surface area (Å²) < 4.78 is 76.7. The maximum Gasteiger partial charge on any atom is 0.233 e. The first-order valence-corrected chi connectivity index (χ1v) is 5.65.